The highest BCUT2D eigenvalue weighted by Gasteiger charge is 2.29. The first-order chi connectivity index (χ1) is 11.4. The summed E-state index contributed by atoms with van der Waals surface area (Å²) >= 11 is 0. The number of nitrogens with zero attached hydrogens (tertiary/aromatic N) is 2. The van der Waals surface area contributed by atoms with Crippen LogP contribution in [-0.4, -0.2) is 68.5 Å². The summed E-state index contributed by atoms with van der Waals surface area (Å²) in [4.78, 5) is 10.7. The monoisotopic (exact) mass is 396 g/mol. The number of halogens is 1. The molecule has 0 saturated carbocycles. The maximum atomic E-state index is 12.9. The molecule has 0 heterocycles. The van der Waals surface area contributed by atoms with E-state index >= 15 is 0 Å². The standard InChI is InChI=1S/C14H21FN2O6S2/c1-11(2)17(10-14(18)19)24(20,21)9-8-16(3)25(22,23)13-6-4-12(15)5-7-13/h4-7,11H,8-10H2,1-3H3,(H,18,19). The minimum Gasteiger partial charge on any atom is -0.480 e. The van der Waals surface area contributed by atoms with Gasteiger partial charge in [-0.2, -0.15) is 8.61 Å². The molecule has 25 heavy (non-hydrogen) atoms. The van der Waals surface area contributed by atoms with Crippen molar-refractivity contribution in [1.82, 2.24) is 8.61 Å². The molecule has 0 fully saturated rings. The topological polar surface area (TPSA) is 112 Å². The van der Waals surface area contributed by atoms with Crippen LogP contribution in [0.3, 0.4) is 0 Å². The average Bonchev–Trinajstić information content (AvgIpc) is 2.50. The predicted molar refractivity (Wildman–Crippen MR) is 89.5 cm³/mol. The Hall–Kier alpha value is -1.56. The van der Waals surface area contributed by atoms with Gasteiger partial charge in [0, 0.05) is 19.6 Å². The highest BCUT2D eigenvalue weighted by molar-refractivity contribution is 7.90. The Morgan fingerprint density at radius 2 is 1.68 bits per heavy atom. The molecule has 0 amide bonds. The Labute approximate surface area is 147 Å². The minimum absolute atomic E-state index is 0.167. The Morgan fingerprint density at radius 3 is 2.12 bits per heavy atom. The molecule has 0 unspecified atom stereocenters. The van der Waals surface area contributed by atoms with Crippen molar-refractivity contribution in [2.75, 3.05) is 25.9 Å². The van der Waals surface area contributed by atoms with E-state index in [2.05, 4.69) is 0 Å². The fourth-order valence-corrected chi connectivity index (χ4v) is 4.98. The van der Waals surface area contributed by atoms with Crippen LogP contribution in [0.4, 0.5) is 4.39 Å². The fourth-order valence-electron chi connectivity index (χ4n) is 2.00. The Bertz CT molecular complexity index is 806. The zero-order chi connectivity index (χ0) is 19.4. The summed E-state index contributed by atoms with van der Waals surface area (Å²) in [5.74, 6) is -2.47. The van der Waals surface area contributed by atoms with Gasteiger partial charge in [-0.25, -0.2) is 21.2 Å². The van der Waals surface area contributed by atoms with E-state index < -0.39 is 50.2 Å². The number of hydrogen-bond donors (Lipinski definition) is 1. The molecule has 1 rings (SSSR count). The van der Waals surface area contributed by atoms with E-state index in [1.165, 1.54) is 20.9 Å². The molecule has 11 heteroatoms. The fraction of sp³-hybridized carbons (Fsp3) is 0.500. The van der Waals surface area contributed by atoms with Gasteiger partial charge in [-0.1, -0.05) is 0 Å². The van der Waals surface area contributed by atoms with Crippen LogP contribution in [0.15, 0.2) is 29.2 Å². The number of aliphatic carboxylic acids is 1. The normalized spacial score (nSPS) is 12.9. The van der Waals surface area contributed by atoms with Gasteiger partial charge in [0.15, 0.2) is 0 Å². The van der Waals surface area contributed by atoms with Crippen molar-refractivity contribution in [1.29, 1.82) is 0 Å². The maximum absolute atomic E-state index is 12.9. The van der Waals surface area contributed by atoms with Crippen molar-refractivity contribution in [3.63, 3.8) is 0 Å². The van der Waals surface area contributed by atoms with Crippen LogP contribution in [-0.2, 0) is 24.8 Å². The van der Waals surface area contributed by atoms with Crippen LogP contribution in [0.5, 0.6) is 0 Å². The summed E-state index contributed by atoms with van der Waals surface area (Å²) in [5.41, 5.74) is 0. The van der Waals surface area contributed by atoms with E-state index in [4.69, 9.17) is 5.11 Å². The lowest BCUT2D eigenvalue weighted by molar-refractivity contribution is -0.137. The molecule has 0 bridgehead atoms. The molecule has 0 aliphatic heterocycles. The third kappa shape index (κ3) is 5.73. The minimum atomic E-state index is -3.98. The van der Waals surface area contributed by atoms with E-state index in [1.54, 1.807) is 0 Å². The third-order valence-electron chi connectivity index (χ3n) is 3.41. The van der Waals surface area contributed by atoms with Gasteiger partial charge >= 0.3 is 5.97 Å². The lowest BCUT2D eigenvalue weighted by Gasteiger charge is -2.25. The first-order valence-corrected chi connectivity index (χ1v) is 10.4. The molecule has 1 aromatic rings. The van der Waals surface area contributed by atoms with Crippen LogP contribution >= 0.6 is 0 Å². The Balaban J connectivity index is 2.90. The molecule has 1 N–H and O–H groups in total. The number of rotatable bonds is 9. The molecule has 1 aromatic carbocycles. The molecular weight excluding hydrogens is 375 g/mol. The number of carbonyl (C=O) groups is 1. The van der Waals surface area contributed by atoms with Crippen molar-refractivity contribution in [3.05, 3.63) is 30.1 Å². The van der Waals surface area contributed by atoms with Crippen LogP contribution in [0.2, 0.25) is 0 Å². The van der Waals surface area contributed by atoms with Crippen molar-refractivity contribution in [2.45, 2.75) is 24.8 Å². The highest BCUT2D eigenvalue weighted by atomic mass is 32.2. The van der Waals surface area contributed by atoms with E-state index in [0.29, 0.717) is 0 Å². The van der Waals surface area contributed by atoms with Gasteiger partial charge in [0.25, 0.3) is 0 Å². The number of benzene rings is 1. The van der Waals surface area contributed by atoms with Crippen molar-refractivity contribution in [2.24, 2.45) is 0 Å². The molecule has 0 aliphatic carbocycles. The quantitative estimate of drug-likeness (QED) is 0.653. The molecule has 0 spiro atoms. The van der Waals surface area contributed by atoms with Gasteiger partial charge in [-0.05, 0) is 38.1 Å². The number of carboxylic acids is 1. The first kappa shape index (κ1) is 21.5. The SMILES string of the molecule is CC(C)N(CC(=O)O)S(=O)(=O)CCN(C)S(=O)(=O)c1ccc(F)cc1. The van der Waals surface area contributed by atoms with Gasteiger partial charge in [0.05, 0.1) is 10.6 Å². The summed E-state index contributed by atoms with van der Waals surface area (Å²) in [6.07, 6.45) is 0. The highest BCUT2D eigenvalue weighted by Crippen LogP contribution is 2.15. The number of carboxylic acid groups (broad SMARTS) is 1. The predicted octanol–water partition coefficient (Wildman–Crippen LogP) is 0.571. The van der Waals surface area contributed by atoms with Crippen LogP contribution in [0.1, 0.15) is 13.8 Å². The van der Waals surface area contributed by atoms with Crippen molar-refractivity contribution < 1.29 is 31.1 Å². The Morgan fingerprint density at radius 1 is 1.16 bits per heavy atom. The van der Waals surface area contributed by atoms with Crippen LogP contribution in [0, 0.1) is 5.82 Å². The van der Waals surface area contributed by atoms with Crippen LogP contribution in [0.25, 0.3) is 0 Å². The second kappa shape index (κ2) is 8.21. The van der Waals surface area contributed by atoms with Crippen molar-refractivity contribution in [3.8, 4) is 0 Å². The second-order valence-electron chi connectivity index (χ2n) is 5.63. The smallest absolute Gasteiger partial charge is 0.318 e. The van der Waals surface area contributed by atoms with Crippen LogP contribution < -0.4 is 0 Å². The molecule has 142 valence electrons. The van der Waals surface area contributed by atoms with E-state index in [9.17, 15) is 26.0 Å². The van der Waals surface area contributed by atoms with Crippen molar-refractivity contribution >= 4 is 26.0 Å². The number of sulfonamides is 2. The summed E-state index contributed by atoms with van der Waals surface area (Å²) in [7, 11) is -6.75. The van der Waals surface area contributed by atoms with Gasteiger partial charge in [0.2, 0.25) is 20.0 Å². The maximum Gasteiger partial charge on any atom is 0.318 e. The molecule has 0 aromatic heterocycles. The molecular formula is C14H21FN2O6S2. The summed E-state index contributed by atoms with van der Waals surface area (Å²) in [6, 6.07) is 3.57. The molecule has 0 radical (unpaired) electrons. The van der Waals surface area contributed by atoms with Gasteiger partial charge in [-0.3, -0.25) is 4.79 Å². The lowest BCUT2D eigenvalue weighted by atomic mass is 10.4. The van der Waals surface area contributed by atoms with E-state index in [0.717, 1.165) is 32.9 Å². The summed E-state index contributed by atoms with van der Waals surface area (Å²) < 4.78 is 63.8. The second-order valence-corrected chi connectivity index (χ2v) is 9.72. The summed E-state index contributed by atoms with van der Waals surface area (Å²) in [5, 5.41) is 8.83. The largest absolute Gasteiger partial charge is 0.480 e. The molecule has 0 atom stereocenters. The zero-order valence-electron chi connectivity index (χ0n) is 14.1. The molecule has 0 saturated heterocycles. The summed E-state index contributed by atoms with van der Waals surface area (Å²) in [6.45, 7) is 1.98. The first-order valence-electron chi connectivity index (χ1n) is 7.31. The van der Waals surface area contributed by atoms with Gasteiger partial charge in [-0.15, -0.1) is 0 Å². The van der Waals surface area contributed by atoms with Gasteiger partial charge < -0.3 is 5.11 Å². The Kier molecular flexibility index (Phi) is 7.06. The van der Waals surface area contributed by atoms with E-state index in [-0.39, 0.29) is 11.4 Å². The molecule has 8 nitrogen and oxygen atoms in total. The number of hydrogen-bond acceptors (Lipinski definition) is 5. The zero-order valence-corrected chi connectivity index (χ0v) is 15.7. The third-order valence-corrected chi connectivity index (χ3v) is 7.25. The lowest BCUT2D eigenvalue weighted by Crippen LogP contribution is -2.44. The average molecular weight is 396 g/mol. The van der Waals surface area contributed by atoms with Gasteiger partial charge in [0.1, 0.15) is 12.4 Å². The molecule has 0 aliphatic rings. The van der Waals surface area contributed by atoms with E-state index in [1.807, 2.05) is 0 Å².